The van der Waals surface area contributed by atoms with E-state index in [0.29, 0.717) is 0 Å². The fourth-order valence-corrected chi connectivity index (χ4v) is 5.96. The lowest BCUT2D eigenvalue weighted by Gasteiger charge is -2.08. The van der Waals surface area contributed by atoms with Gasteiger partial charge in [-0.15, -0.1) is 22.7 Å². The second-order valence-electron chi connectivity index (χ2n) is 6.62. The molecule has 134 valence electrons. The summed E-state index contributed by atoms with van der Waals surface area (Å²) in [4.78, 5) is 11.8. The van der Waals surface area contributed by atoms with Crippen molar-refractivity contribution >= 4 is 63.0 Å². The van der Waals surface area contributed by atoms with Crippen molar-refractivity contribution in [2.45, 2.75) is 0 Å². The van der Waals surface area contributed by atoms with Crippen LogP contribution in [0.2, 0.25) is 0 Å². The largest absolute Gasteiger partial charge is 0.289 e. The highest BCUT2D eigenvalue weighted by Crippen LogP contribution is 2.41. The van der Waals surface area contributed by atoms with Gasteiger partial charge in [0.25, 0.3) is 0 Å². The maximum Gasteiger partial charge on any atom is 0.187 e. The predicted octanol–water partition coefficient (Wildman–Crippen LogP) is 7.80. The van der Waals surface area contributed by atoms with E-state index in [1.807, 2.05) is 24.3 Å². The molecule has 6 rings (SSSR count). The molecular formula is C24H14O2S2. The SMILES string of the molecule is c1ccc2c(c1)sc1cccc(OOc3cccc4sc5ccccc5c34)c12. The molecule has 0 aliphatic heterocycles. The minimum Gasteiger partial charge on any atom is -0.289 e. The summed E-state index contributed by atoms with van der Waals surface area (Å²) < 4.78 is 4.89. The number of hydrogen-bond acceptors (Lipinski definition) is 4. The van der Waals surface area contributed by atoms with Gasteiger partial charge >= 0.3 is 0 Å². The van der Waals surface area contributed by atoms with Crippen LogP contribution in [0.15, 0.2) is 84.9 Å². The minimum atomic E-state index is 0.742. The lowest BCUT2D eigenvalue weighted by molar-refractivity contribution is -0.0967. The molecule has 0 amide bonds. The lowest BCUT2D eigenvalue weighted by Crippen LogP contribution is -2.00. The molecule has 0 radical (unpaired) electrons. The smallest absolute Gasteiger partial charge is 0.187 e. The highest BCUT2D eigenvalue weighted by molar-refractivity contribution is 7.26. The van der Waals surface area contributed by atoms with Crippen molar-refractivity contribution in [1.29, 1.82) is 0 Å². The molecule has 0 atom stereocenters. The molecular weight excluding hydrogens is 384 g/mol. The topological polar surface area (TPSA) is 18.5 Å². The van der Waals surface area contributed by atoms with Gasteiger partial charge in [0.2, 0.25) is 0 Å². The Kier molecular flexibility index (Phi) is 3.54. The Hall–Kier alpha value is -3.08. The third kappa shape index (κ3) is 2.39. The van der Waals surface area contributed by atoms with Crippen molar-refractivity contribution in [3.05, 3.63) is 84.9 Å². The van der Waals surface area contributed by atoms with E-state index in [2.05, 4.69) is 60.7 Å². The fourth-order valence-electron chi connectivity index (χ4n) is 3.71. The van der Waals surface area contributed by atoms with Crippen molar-refractivity contribution in [3.8, 4) is 11.5 Å². The minimum absolute atomic E-state index is 0.742. The molecule has 0 unspecified atom stereocenters. The Balaban J connectivity index is 1.47. The molecule has 4 aromatic carbocycles. The van der Waals surface area contributed by atoms with E-state index >= 15 is 0 Å². The van der Waals surface area contributed by atoms with Crippen LogP contribution in [0.1, 0.15) is 0 Å². The Morgan fingerprint density at radius 1 is 0.429 bits per heavy atom. The fraction of sp³-hybridized carbons (Fsp3) is 0. The molecule has 2 aromatic heterocycles. The first-order valence-corrected chi connectivity index (χ1v) is 10.7. The quantitative estimate of drug-likeness (QED) is 0.224. The van der Waals surface area contributed by atoms with E-state index in [4.69, 9.17) is 9.78 Å². The van der Waals surface area contributed by atoms with Gasteiger partial charge in [-0.3, -0.25) is 9.78 Å². The van der Waals surface area contributed by atoms with Crippen LogP contribution in [0.5, 0.6) is 11.5 Å². The molecule has 0 fully saturated rings. The Morgan fingerprint density at radius 2 is 0.857 bits per heavy atom. The average molecular weight is 399 g/mol. The standard InChI is InChI=1S/C24H14O2S2/c1-3-11-19-15(7-1)23-17(9-5-13-21(23)27-19)25-26-18-10-6-14-22-24(18)16-8-2-4-12-20(16)28-22/h1-14H. The number of benzene rings is 4. The van der Waals surface area contributed by atoms with Gasteiger partial charge in [0.05, 0.1) is 0 Å². The van der Waals surface area contributed by atoms with Crippen LogP contribution in [-0.4, -0.2) is 0 Å². The first-order valence-electron chi connectivity index (χ1n) is 9.03. The maximum atomic E-state index is 5.91. The molecule has 0 aliphatic carbocycles. The van der Waals surface area contributed by atoms with Crippen molar-refractivity contribution in [3.63, 3.8) is 0 Å². The first kappa shape index (κ1) is 15.9. The van der Waals surface area contributed by atoms with Gasteiger partial charge in [-0.2, -0.15) is 0 Å². The summed E-state index contributed by atoms with van der Waals surface area (Å²) in [5.74, 6) is 1.48. The number of rotatable bonds is 3. The van der Waals surface area contributed by atoms with Crippen LogP contribution in [0.25, 0.3) is 40.3 Å². The Morgan fingerprint density at radius 3 is 1.36 bits per heavy atom. The summed E-state index contributed by atoms with van der Waals surface area (Å²) >= 11 is 3.54. The van der Waals surface area contributed by atoms with Crippen LogP contribution in [-0.2, 0) is 0 Å². The first-order chi connectivity index (χ1) is 13.9. The summed E-state index contributed by atoms with van der Waals surface area (Å²) in [5, 5.41) is 4.60. The Bertz CT molecular complexity index is 1360. The van der Waals surface area contributed by atoms with Gasteiger partial charge < -0.3 is 0 Å². The van der Waals surface area contributed by atoms with Gasteiger partial charge in [-0.05, 0) is 36.4 Å². The summed E-state index contributed by atoms with van der Waals surface area (Å²) in [7, 11) is 0. The van der Waals surface area contributed by atoms with Gasteiger partial charge in [0, 0.05) is 40.3 Å². The third-order valence-corrected chi connectivity index (χ3v) is 7.22. The van der Waals surface area contributed by atoms with E-state index in [-0.39, 0.29) is 0 Å². The van der Waals surface area contributed by atoms with Crippen LogP contribution in [0.3, 0.4) is 0 Å². The molecule has 4 heteroatoms. The molecule has 2 nitrogen and oxygen atoms in total. The number of fused-ring (bicyclic) bond motifs is 6. The van der Waals surface area contributed by atoms with Gasteiger partial charge in [0.1, 0.15) is 0 Å². The second kappa shape index (κ2) is 6.23. The molecule has 0 N–H and O–H groups in total. The Labute approximate surface area is 169 Å². The zero-order valence-corrected chi connectivity index (χ0v) is 16.3. The molecule has 0 saturated heterocycles. The molecule has 6 aromatic rings. The second-order valence-corrected chi connectivity index (χ2v) is 8.79. The summed E-state index contributed by atoms with van der Waals surface area (Å²) in [5.41, 5.74) is 0. The lowest BCUT2D eigenvalue weighted by atomic mass is 10.1. The molecule has 0 bridgehead atoms. The van der Waals surface area contributed by atoms with Crippen molar-refractivity contribution in [2.75, 3.05) is 0 Å². The van der Waals surface area contributed by atoms with Crippen LogP contribution >= 0.6 is 22.7 Å². The van der Waals surface area contributed by atoms with Crippen LogP contribution in [0.4, 0.5) is 0 Å². The molecule has 28 heavy (non-hydrogen) atoms. The predicted molar refractivity (Wildman–Crippen MR) is 120 cm³/mol. The van der Waals surface area contributed by atoms with Crippen molar-refractivity contribution in [1.82, 2.24) is 0 Å². The monoisotopic (exact) mass is 398 g/mol. The van der Waals surface area contributed by atoms with Crippen molar-refractivity contribution < 1.29 is 9.78 Å². The molecule has 0 saturated carbocycles. The highest BCUT2D eigenvalue weighted by atomic mass is 32.1. The van der Waals surface area contributed by atoms with E-state index in [9.17, 15) is 0 Å². The van der Waals surface area contributed by atoms with Crippen molar-refractivity contribution in [2.24, 2.45) is 0 Å². The van der Waals surface area contributed by atoms with E-state index in [1.54, 1.807) is 22.7 Å². The van der Waals surface area contributed by atoms with E-state index in [0.717, 1.165) is 22.3 Å². The highest BCUT2D eigenvalue weighted by Gasteiger charge is 2.14. The van der Waals surface area contributed by atoms with Crippen LogP contribution in [0, 0.1) is 0 Å². The van der Waals surface area contributed by atoms with Gasteiger partial charge in [-0.1, -0.05) is 48.5 Å². The summed E-state index contributed by atoms with van der Waals surface area (Å²) in [6, 6.07) is 29.0. The normalized spacial score (nSPS) is 11.6. The maximum absolute atomic E-state index is 5.91. The average Bonchev–Trinajstić information content (AvgIpc) is 3.31. The van der Waals surface area contributed by atoms with Gasteiger partial charge in [-0.25, -0.2) is 0 Å². The van der Waals surface area contributed by atoms with E-state index in [1.165, 1.54) is 29.6 Å². The third-order valence-electron chi connectivity index (χ3n) is 4.95. The van der Waals surface area contributed by atoms with E-state index < -0.39 is 0 Å². The zero-order chi connectivity index (χ0) is 18.5. The molecule has 2 heterocycles. The molecule has 0 aliphatic rings. The number of hydrogen-bond donors (Lipinski definition) is 0. The summed E-state index contributed by atoms with van der Waals surface area (Å²) in [6.45, 7) is 0. The van der Waals surface area contributed by atoms with Gasteiger partial charge in [0.15, 0.2) is 11.5 Å². The zero-order valence-electron chi connectivity index (χ0n) is 14.7. The molecule has 0 spiro atoms. The summed E-state index contributed by atoms with van der Waals surface area (Å²) in [6.07, 6.45) is 0. The van der Waals surface area contributed by atoms with Crippen LogP contribution < -0.4 is 9.78 Å². The number of thiophene rings is 2.